The fraction of sp³-hybridized carbons (Fsp3) is 0.385. The van der Waals surface area contributed by atoms with Crippen LogP contribution < -0.4 is 24.8 Å². The number of hydrogen-bond acceptors (Lipinski definition) is 0. The molecule has 2 aromatic rings. The van der Waals surface area contributed by atoms with E-state index in [1.165, 1.54) is 47.9 Å². The molecule has 0 aromatic heterocycles. The zero-order chi connectivity index (χ0) is 19.1. The molecule has 0 heterocycles. The number of benzene rings is 2. The Bertz CT molecular complexity index is 969. The summed E-state index contributed by atoms with van der Waals surface area (Å²) in [7, 11) is 0. The molecule has 2 aliphatic carbocycles. The third-order valence-electron chi connectivity index (χ3n) is 6.46. The quantitative estimate of drug-likeness (QED) is 0.576. The molecule has 0 saturated heterocycles. The molecule has 152 valence electrons. The summed E-state index contributed by atoms with van der Waals surface area (Å²) in [5.41, 5.74) is 14.0. The number of allylic oxidation sites excluding steroid dienone is 4. The summed E-state index contributed by atoms with van der Waals surface area (Å²) >= 11 is -0.696. The van der Waals surface area contributed by atoms with Gasteiger partial charge in [0.2, 0.25) is 0 Å². The van der Waals surface area contributed by atoms with Crippen LogP contribution in [0.3, 0.4) is 0 Å². The fourth-order valence-electron chi connectivity index (χ4n) is 4.59. The van der Waals surface area contributed by atoms with Gasteiger partial charge in [-0.2, -0.15) is 0 Å². The molecule has 2 aliphatic rings. The zero-order valence-corrected chi connectivity index (χ0v) is 22.1. The number of hydrogen-bond donors (Lipinski definition) is 0. The predicted octanol–water partition coefficient (Wildman–Crippen LogP) is 1.27. The van der Waals surface area contributed by atoms with Crippen molar-refractivity contribution in [2.24, 2.45) is 0 Å². The summed E-state index contributed by atoms with van der Waals surface area (Å²) in [6.07, 6.45) is 12.0. The zero-order valence-electron chi connectivity index (χ0n) is 18.1. The Labute approximate surface area is 200 Å². The molecule has 0 amide bonds. The van der Waals surface area contributed by atoms with Crippen molar-refractivity contribution in [3.63, 3.8) is 0 Å². The van der Waals surface area contributed by atoms with Crippen LogP contribution in [0.25, 0.3) is 11.1 Å². The van der Waals surface area contributed by atoms with Crippen molar-refractivity contribution in [3.05, 3.63) is 78.7 Å². The molecule has 0 N–H and O–H groups in total. The molecule has 29 heavy (non-hydrogen) atoms. The van der Waals surface area contributed by atoms with E-state index >= 15 is 0 Å². The minimum absolute atomic E-state index is 0. The fourth-order valence-corrected chi connectivity index (χ4v) is 8.69. The maximum absolute atomic E-state index is 2.52. The van der Waals surface area contributed by atoms with Gasteiger partial charge in [0.15, 0.2) is 0 Å². The maximum atomic E-state index is 2.52. The Morgan fingerprint density at radius 3 is 2.28 bits per heavy atom. The van der Waals surface area contributed by atoms with Crippen LogP contribution in [0.5, 0.6) is 0 Å². The molecule has 0 nitrogen and oxygen atoms in total. The van der Waals surface area contributed by atoms with Crippen molar-refractivity contribution in [2.75, 3.05) is 0 Å². The summed E-state index contributed by atoms with van der Waals surface area (Å²) in [6, 6.07) is 7.49. The van der Waals surface area contributed by atoms with Crippen molar-refractivity contribution in [2.45, 2.75) is 63.9 Å². The monoisotopic (exact) mass is 502 g/mol. The van der Waals surface area contributed by atoms with Gasteiger partial charge in [0, 0.05) is 0 Å². The van der Waals surface area contributed by atoms with Crippen LogP contribution in [0.1, 0.15) is 68.8 Å². The van der Waals surface area contributed by atoms with E-state index in [9.17, 15) is 0 Å². The number of aryl methyl sites for hydroxylation is 3. The normalized spacial score (nSPS) is 15.8. The largest absolute Gasteiger partial charge is 1.00 e. The first-order valence-corrected chi connectivity index (χ1v) is 13.0. The van der Waals surface area contributed by atoms with Gasteiger partial charge in [-0.3, -0.25) is 0 Å². The molecule has 0 saturated carbocycles. The molecule has 1 unspecified atom stereocenters. The standard InChI is InChI=1S/C21H25.C5H5.2ClH.Zr/c1-6-7-8-18-16(5)15(4)11-20-19-10-14(3)13(2)9-17(19)12-21(18)20;1-2-4-5-3-1;;;/h9-12H,6-8H2,1-5H3;1-3H,4H2;2*1H;/q;;;;+2/p-2. The smallest absolute Gasteiger partial charge is 1.00 e. The molecule has 0 radical (unpaired) electrons. The van der Waals surface area contributed by atoms with E-state index in [-0.39, 0.29) is 24.8 Å². The Kier molecular flexibility index (Phi) is 8.61. The molecule has 0 fully saturated rings. The van der Waals surface area contributed by atoms with Gasteiger partial charge >= 0.3 is 177 Å². The van der Waals surface area contributed by atoms with Crippen LogP contribution >= 0.6 is 0 Å². The first-order chi connectivity index (χ1) is 13.0. The molecular formula is C26H30Cl2Zr. The summed E-state index contributed by atoms with van der Waals surface area (Å²) in [4.78, 5) is 0. The van der Waals surface area contributed by atoms with E-state index in [2.05, 4.69) is 71.0 Å². The van der Waals surface area contributed by atoms with E-state index in [1.54, 1.807) is 31.1 Å². The summed E-state index contributed by atoms with van der Waals surface area (Å²) in [6.45, 7) is 11.5. The number of fused-ring (bicyclic) bond motifs is 3. The molecule has 3 heteroatoms. The van der Waals surface area contributed by atoms with Crippen molar-refractivity contribution >= 4 is 0 Å². The van der Waals surface area contributed by atoms with E-state index in [4.69, 9.17) is 0 Å². The summed E-state index contributed by atoms with van der Waals surface area (Å²) in [5.74, 6) is 0. The van der Waals surface area contributed by atoms with Crippen LogP contribution in [0.4, 0.5) is 0 Å². The van der Waals surface area contributed by atoms with E-state index in [1.807, 2.05) is 0 Å². The average molecular weight is 505 g/mol. The van der Waals surface area contributed by atoms with Gasteiger partial charge in [0.1, 0.15) is 0 Å². The number of unbranched alkanes of at least 4 members (excludes halogenated alkanes) is 1. The van der Waals surface area contributed by atoms with Crippen LogP contribution in [-0.4, -0.2) is 0 Å². The van der Waals surface area contributed by atoms with Crippen molar-refractivity contribution in [1.82, 2.24) is 0 Å². The second-order valence-corrected chi connectivity index (χ2v) is 12.0. The van der Waals surface area contributed by atoms with Gasteiger partial charge in [0.25, 0.3) is 0 Å². The predicted molar refractivity (Wildman–Crippen MR) is 113 cm³/mol. The molecule has 1 atom stereocenters. The second kappa shape index (κ2) is 10.1. The molecule has 4 rings (SSSR count). The van der Waals surface area contributed by atoms with Crippen LogP contribution in [0, 0.1) is 27.7 Å². The molecule has 0 bridgehead atoms. The second-order valence-electron chi connectivity index (χ2n) is 8.29. The SMILES string of the molecule is CCCCc1c(C)c(C)cc2c1[CH]([Zr+2][C]1=CC=CC1)c1cc(C)c(C)cc1-2.[Cl-].[Cl-]. The first-order valence-electron chi connectivity index (χ1n) is 10.4. The summed E-state index contributed by atoms with van der Waals surface area (Å²) < 4.78 is 2.44. The Morgan fingerprint density at radius 2 is 1.62 bits per heavy atom. The molecular weight excluding hydrogens is 474 g/mol. The van der Waals surface area contributed by atoms with Gasteiger partial charge in [-0.25, -0.2) is 0 Å². The number of rotatable bonds is 5. The van der Waals surface area contributed by atoms with E-state index < -0.39 is 23.2 Å². The summed E-state index contributed by atoms with van der Waals surface area (Å²) in [5, 5.41) is 0. The van der Waals surface area contributed by atoms with Crippen molar-refractivity contribution in [3.8, 4) is 11.1 Å². The first kappa shape index (κ1) is 24.7. The minimum atomic E-state index is -0.696. The van der Waals surface area contributed by atoms with E-state index in [0.29, 0.717) is 3.63 Å². The third kappa shape index (κ3) is 4.53. The Balaban J connectivity index is 0.00000150. The van der Waals surface area contributed by atoms with E-state index in [0.717, 1.165) is 0 Å². The van der Waals surface area contributed by atoms with Crippen molar-refractivity contribution in [1.29, 1.82) is 0 Å². The Hall–Kier alpha value is -0.617. The third-order valence-corrected chi connectivity index (χ3v) is 10.5. The Morgan fingerprint density at radius 1 is 0.931 bits per heavy atom. The van der Waals surface area contributed by atoms with Gasteiger partial charge < -0.3 is 24.8 Å². The van der Waals surface area contributed by atoms with Gasteiger partial charge in [-0.1, -0.05) is 0 Å². The molecule has 2 aromatic carbocycles. The van der Waals surface area contributed by atoms with Crippen LogP contribution in [-0.2, 0) is 29.7 Å². The topological polar surface area (TPSA) is 0 Å². The van der Waals surface area contributed by atoms with Crippen LogP contribution in [0.15, 0.2) is 39.7 Å². The average Bonchev–Trinajstić information content (AvgIpc) is 3.25. The number of halogens is 2. The molecule has 0 spiro atoms. The van der Waals surface area contributed by atoms with Gasteiger partial charge in [-0.05, 0) is 0 Å². The van der Waals surface area contributed by atoms with Gasteiger partial charge in [0.05, 0.1) is 0 Å². The molecule has 0 aliphatic heterocycles. The maximum Gasteiger partial charge on any atom is -1.00 e. The van der Waals surface area contributed by atoms with Crippen LogP contribution in [0.2, 0.25) is 0 Å². The van der Waals surface area contributed by atoms with Gasteiger partial charge in [-0.15, -0.1) is 0 Å². The minimum Gasteiger partial charge on any atom is -1.00 e. The van der Waals surface area contributed by atoms with Crippen molar-refractivity contribution < 1.29 is 48.0 Å².